The van der Waals surface area contributed by atoms with Gasteiger partial charge in [-0.15, -0.1) is 0 Å². The third-order valence-electron chi connectivity index (χ3n) is 6.62. The van der Waals surface area contributed by atoms with Crippen LogP contribution in [0.5, 0.6) is 0 Å². The van der Waals surface area contributed by atoms with Crippen molar-refractivity contribution in [2.45, 2.75) is 50.7 Å². The van der Waals surface area contributed by atoms with Gasteiger partial charge < -0.3 is 9.80 Å². The number of urea groups is 1. The van der Waals surface area contributed by atoms with E-state index in [1.165, 1.54) is 30.4 Å². The Morgan fingerprint density at radius 3 is 2.26 bits per heavy atom. The zero-order valence-electron chi connectivity index (χ0n) is 20.4. The second-order valence-electron chi connectivity index (χ2n) is 9.32. The standard InChI is InChI=1S/C25H24F7N5O/c1-15-7-19(26)3-4-21(15)22-11-20(37-14-33-13-34-37)5-6-36(22)23(38)35(2)12-16-8-17(24(27,28)29)10-18(9-16)25(30,31)32/h3-4,7-10,13-14,20,22H,5-6,11-12H2,1-2H3/t20-,22-/m0/s1. The number of aryl methyl sites for hydroxylation is 1. The van der Waals surface area contributed by atoms with E-state index in [0.717, 1.165) is 4.90 Å². The summed E-state index contributed by atoms with van der Waals surface area (Å²) in [6, 6.07) is 4.20. The van der Waals surface area contributed by atoms with E-state index in [4.69, 9.17) is 0 Å². The Morgan fingerprint density at radius 1 is 1.05 bits per heavy atom. The lowest BCUT2D eigenvalue weighted by atomic mass is 9.89. The molecule has 1 aromatic heterocycles. The Balaban J connectivity index is 1.63. The number of alkyl halides is 6. The Morgan fingerprint density at radius 2 is 1.71 bits per heavy atom. The first-order valence-corrected chi connectivity index (χ1v) is 11.6. The Hall–Kier alpha value is -3.64. The van der Waals surface area contributed by atoms with Crippen molar-refractivity contribution in [2.24, 2.45) is 0 Å². The van der Waals surface area contributed by atoms with E-state index in [1.54, 1.807) is 24.0 Å². The number of hydrogen-bond donors (Lipinski definition) is 0. The number of aromatic nitrogens is 3. The molecule has 0 bridgehead atoms. The molecule has 1 aliphatic heterocycles. The van der Waals surface area contributed by atoms with Gasteiger partial charge in [-0.3, -0.25) is 0 Å². The van der Waals surface area contributed by atoms with E-state index < -0.39 is 47.9 Å². The summed E-state index contributed by atoms with van der Waals surface area (Å²) in [5.74, 6) is -0.449. The molecule has 4 rings (SSSR count). The number of amides is 2. The topological polar surface area (TPSA) is 54.3 Å². The zero-order chi connectivity index (χ0) is 27.8. The van der Waals surface area contributed by atoms with Crippen LogP contribution in [0.3, 0.4) is 0 Å². The molecule has 13 heteroatoms. The molecule has 0 spiro atoms. The third kappa shape index (κ3) is 5.91. The van der Waals surface area contributed by atoms with Crippen LogP contribution < -0.4 is 0 Å². The van der Waals surface area contributed by atoms with Gasteiger partial charge >= 0.3 is 18.4 Å². The fraction of sp³-hybridized carbons (Fsp3) is 0.400. The summed E-state index contributed by atoms with van der Waals surface area (Å²) < 4.78 is 95.2. The predicted octanol–water partition coefficient (Wildman–Crippen LogP) is 6.39. The number of hydrogen-bond acceptors (Lipinski definition) is 3. The second-order valence-corrected chi connectivity index (χ2v) is 9.32. The van der Waals surface area contributed by atoms with E-state index in [0.29, 0.717) is 36.1 Å². The first-order valence-electron chi connectivity index (χ1n) is 11.6. The van der Waals surface area contributed by atoms with Crippen LogP contribution in [-0.4, -0.2) is 44.2 Å². The summed E-state index contributed by atoms with van der Waals surface area (Å²) >= 11 is 0. The lowest BCUT2D eigenvalue weighted by Crippen LogP contribution is -2.47. The number of nitrogens with zero attached hydrogens (tertiary/aromatic N) is 5. The van der Waals surface area contributed by atoms with Crippen LogP contribution in [0.25, 0.3) is 0 Å². The molecule has 0 unspecified atom stereocenters. The molecule has 0 radical (unpaired) electrons. The Bertz CT molecular complexity index is 1260. The molecule has 2 atom stereocenters. The molecular formula is C25H24F7N5O. The van der Waals surface area contributed by atoms with Gasteiger partial charge in [0.05, 0.1) is 23.2 Å². The van der Waals surface area contributed by atoms with Crippen molar-refractivity contribution in [1.29, 1.82) is 0 Å². The van der Waals surface area contributed by atoms with Crippen molar-refractivity contribution in [3.63, 3.8) is 0 Å². The number of carbonyl (C=O) groups is 1. The summed E-state index contributed by atoms with van der Waals surface area (Å²) in [7, 11) is 1.31. The summed E-state index contributed by atoms with van der Waals surface area (Å²) in [4.78, 5) is 20.1. The van der Waals surface area contributed by atoms with Crippen molar-refractivity contribution in [2.75, 3.05) is 13.6 Å². The third-order valence-corrected chi connectivity index (χ3v) is 6.62. The summed E-state index contributed by atoms with van der Waals surface area (Å²) in [6.07, 6.45) is -6.17. The van der Waals surface area contributed by atoms with Gasteiger partial charge in [-0.05, 0) is 66.8 Å². The maximum Gasteiger partial charge on any atom is 0.416 e. The average molecular weight is 543 g/mol. The van der Waals surface area contributed by atoms with Gasteiger partial charge in [-0.25, -0.2) is 18.9 Å². The average Bonchev–Trinajstić information content (AvgIpc) is 3.37. The van der Waals surface area contributed by atoms with E-state index in [2.05, 4.69) is 10.1 Å². The molecule has 0 N–H and O–H groups in total. The normalized spacial score (nSPS) is 18.5. The summed E-state index contributed by atoms with van der Waals surface area (Å²) in [5, 5.41) is 4.17. The summed E-state index contributed by atoms with van der Waals surface area (Å²) in [6.45, 7) is 1.45. The number of likely N-dealkylation sites (tertiary alicyclic amines) is 1. The predicted molar refractivity (Wildman–Crippen MR) is 122 cm³/mol. The molecule has 1 saturated heterocycles. The van der Waals surface area contributed by atoms with Crippen LogP contribution in [0, 0.1) is 12.7 Å². The minimum absolute atomic E-state index is 0.0492. The highest BCUT2D eigenvalue weighted by Crippen LogP contribution is 2.39. The van der Waals surface area contributed by atoms with E-state index in [-0.39, 0.29) is 24.2 Å². The zero-order valence-corrected chi connectivity index (χ0v) is 20.4. The van der Waals surface area contributed by atoms with Gasteiger partial charge in [0.15, 0.2) is 0 Å². The van der Waals surface area contributed by atoms with Crippen LogP contribution in [0.1, 0.15) is 52.7 Å². The Kier molecular flexibility index (Phi) is 7.39. The molecule has 1 aliphatic rings. The van der Waals surface area contributed by atoms with Crippen LogP contribution in [-0.2, 0) is 18.9 Å². The van der Waals surface area contributed by atoms with E-state index in [9.17, 15) is 35.5 Å². The quantitative estimate of drug-likeness (QED) is 0.358. The maximum absolute atomic E-state index is 13.8. The molecular weight excluding hydrogens is 519 g/mol. The molecule has 0 saturated carbocycles. The molecule has 2 amide bonds. The summed E-state index contributed by atoms with van der Waals surface area (Å²) in [5.41, 5.74) is -1.93. The van der Waals surface area contributed by atoms with Gasteiger partial charge in [-0.1, -0.05) is 6.07 Å². The van der Waals surface area contributed by atoms with Crippen molar-refractivity contribution >= 4 is 6.03 Å². The lowest BCUT2D eigenvalue weighted by Gasteiger charge is -2.42. The maximum atomic E-state index is 13.8. The van der Waals surface area contributed by atoms with Gasteiger partial charge in [0.2, 0.25) is 0 Å². The molecule has 38 heavy (non-hydrogen) atoms. The number of rotatable bonds is 4. The fourth-order valence-electron chi connectivity index (χ4n) is 4.80. The van der Waals surface area contributed by atoms with Gasteiger partial charge in [-0.2, -0.15) is 31.4 Å². The van der Waals surface area contributed by atoms with Gasteiger partial charge in [0.25, 0.3) is 0 Å². The molecule has 6 nitrogen and oxygen atoms in total. The fourth-order valence-corrected chi connectivity index (χ4v) is 4.80. The van der Waals surface area contributed by atoms with Crippen LogP contribution in [0.2, 0.25) is 0 Å². The molecule has 3 aromatic rings. The number of piperidine rings is 1. The molecule has 2 heterocycles. The van der Waals surface area contributed by atoms with Crippen LogP contribution in [0.4, 0.5) is 35.5 Å². The van der Waals surface area contributed by atoms with Gasteiger partial charge in [0, 0.05) is 20.1 Å². The Labute approximate surface area is 213 Å². The molecule has 0 aliphatic carbocycles. The minimum Gasteiger partial charge on any atom is -0.323 e. The number of carbonyl (C=O) groups excluding carboxylic acids is 1. The second kappa shape index (κ2) is 10.3. The van der Waals surface area contributed by atoms with Crippen LogP contribution in [0.15, 0.2) is 49.1 Å². The number of halogens is 7. The van der Waals surface area contributed by atoms with Crippen LogP contribution >= 0.6 is 0 Å². The molecule has 2 aromatic carbocycles. The minimum atomic E-state index is -4.99. The lowest BCUT2D eigenvalue weighted by molar-refractivity contribution is -0.143. The van der Waals surface area contributed by atoms with Crippen molar-refractivity contribution in [3.05, 3.63) is 82.7 Å². The van der Waals surface area contributed by atoms with E-state index in [1.807, 2.05) is 0 Å². The van der Waals surface area contributed by atoms with Crippen molar-refractivity contribution in [3.8, 4) is 0 Å². The smallest absolute Gasteiger partial charge is 0.323 e. The van der Waals surface area contributed by atoms with Crippen molar-refractivity contribution < 1.29 is 35.5 Å². The first kappa shape index (κ1) is 27.4. The highest BCUT2D eigenvalue weighted by molar-refractivity contribution is 5.75. The number of benzene rings is 2. The highest BCUT2D eigenvalue weighted by atomic mass is 19.4. The first-order chi connectivity index (χ1) is 17.7. The van der Waals surface area contributed by atoms with Crippen molar-refractivity contribution in [1.82, 2.24) is 24.6 Å². The van der Waals surface area contributed by atoms with E-state index >= 15 is 0 Å². The van der Waals surface area contributed by atoms with Gasteiger partial charge in [0.1, 0.15) is 18.5 Å². The SMILES string of the molecule is Cc1cc(F)ccc1[C@@H]1C[C@@H](n2cncn2)CCN1C(=O)N(C)Cc1cc(C(F)(F)F)cc(C(F)(F)F)c1. The molecule has 204 valence electrons. The largest absolute Gasteiger partial charge is 0.416 e. The highest BCUT2D eigenvalue weighted by Gasteiger charge is 2.38. The molecule has 1 fully saturated rings. The monoisotopic (exact) mass is 543 g/mol.